The summed E-state index contributed by atoms with van der Waals surface area (Å²) in [5, 5.41) is 0. The number of nitrogens with zero attached hydrogens (tertiary/aromatic N) is 1. The smallest absolute Gasteiger partial charge is 0.191 e. The van der Waals surface area contributed by atoms with Crippen LogP contribution in [0.1, 0.15) is 15.9 Å². The molecule has 0 N–H and O–H groups in total. The number of hydrogen-bond donors (Lipinski definition) is 0. The number of aromatic nitrogens is 1. The Hall–Kier alpha value is -1.45. The highest BCUT2D eigenvalue weighted by molar-refractivity contribution is 9.10. The monoisotopic (exact) mass is 337 g/mol. The van der Waals surface area contributed by atoms with Gasteiger partial charge in [0.05, 0.1) is 6.08 Å². The predicted octanol–water partition coefficient (Wildman–Crippen LogP) is 0.403. The van der Waals surface area contributed by atoms with Crippen molar-refractivity contribution in [3.05, 3.63) is 70.5 Å². The summed E-state index contributed by atoms with van der Waals surface area (Å²) in [6.07, 6.45) is 7.19. The molecule has 1 aromatic heterocycles. The molecule has 4 heteroatoms. The molecular formula is C15H13BrClNO. The van der Waals surface area contributed by atoms with Crippen molar-refractivity contribution in [2.75, 3.05) is 0 Å². The van der Waals surface area contributed by atoms with Gasteiger partial charge in [0.25, 0.3) is 0 Å². The number of aryl methyl sites for hydroxylation is 1. The van der Waals surface area contributed by atoms with Crippen LogP contribution in [-0.4, -0.2) is 5.78 Å². The molecule has 0 unspecified atom stereocenters. The molecule has 0 fully saturated rings. The first-order valence-corrected chi connectivity index (χ1v) is 6.40. The van der Waals surface area contributed by atoms with E-state index in [0.29, 0.717) is 5.56 Å². The first-order chi connectivity index (χ1) is 8.65. The second kappa shape index (κ2) is 7.22. The number of ketones is 1. The number of allylic oxidation sites excluding steroid dienone is 1. The third-order valence-corrected chi connectivity index (χ3v) is 2.97. The van der Waals surface area contributed by atoms with Crippen molar-refractivity contribution in [1.29, 1.82) is 0 Å². The summed E-state index contributed by atoms with van der Waals surface area (Å²) >= 11 is 3.35. The van der Waals surface area contributed by atoms with E-state index in [1.54, 1.807) is 18.3 Å². The molecule has 0 aliphatic carbocycles. The third kappa shape index (κ3) is 4.62. The quantitative estimate of drug-likeness (QED) is 0.451. The van der Waals surface area contributed by atoms with Gasteiger partial charge in [-0.15, -0.1) is 0 Å². The summed E-state index contributed by atoms with van der Waals surface area (Å²) in [6, 6.07) is 11.3. The van der Waals surface area contributed by atoms with Crippen molar-refractivity contribution in [2.45, 2.75) is 6.92 Å². The minimum Gasteiger partial charge on any atom is -1.00 e. The molecular weight excluding hydrogens is 326 g/mol. The van der Waals surface area contributed by atoms with Crippen molar-refractivity contribution < 1.29 is 21.8 Å². The highest BCUT2D eigenvalue weighted by Gasteiger charge is 2.03. The van der Waals surface area contributed by atoms with Crippen LogP contribution < -0.4 is 17.0 Å². The zero-order valence-corrected chi connectivity index (χ0v) is 12.7. The fourth-order valence-corrected chi connectivity index (χ4v) is 2.00. The third-order valence-electron chi connectivity index (χ3n) is 2.48. The van der Waals surface area contributed by atoms with Gasteiger partial charge >= 0.3 is 0 Å². The molecule has 0 aliphatic heterocycles. The summed E-state index contributed by atoms with van der Waals surface area (Å²) in [5.41, 5.74) is 1.82. The van der Waals surface area contributed by atoms with Crippen LogP contribution in [0.15, 0.2) is 59.3 Å². The zero-order valence-electron chi connectivity index (χ0n) is 10.4. The van der Waals surface area contributed by atoms with E-state index in [1.807, 2.05) is 54.2 Å². The Labute approximate surface area is 127 Å². The van der Waals surface area contributed by atoms with Crippen LogP contribution in [-0.2, 0) is 0 Å². The first-order valence-electron chi connectivity index (χ1n) is 5.61. The second-order valence-corrected chi connectivity index (χ2v) is 4.93. The zero-order chi connectivity index (χ0) is 13.0. The molecule has 0 atom stereocenters. The number of carbonyl (C=O) groups excluding carboxylic acids is 1. The van der Waals surface area contributed by atoms with Crippen LogP contribution in [0, 0.1) is 6.92 Å². The predicted molar refractivity (Wildman–Crippen MR) is 75.2 cm³/mol. The Balaban J connectivity index is 0.00000180. The maximum atomic E-state index is 11.9. The summed E-state index contributed by atoms with van der Waals surface area (Å²) in [6.45, 7) is 2.01. The van der Waals surface area contributed by atoms with Crippen LogP contribution >= 0.6 is 15.9 Å². The Morgan fingerprint density at radius 1 is 1.26 bits per heavy atom. The normalized spacial score (nSPS) is 10.2. The van der Waals surface area contributed by atoms with E-state index in [0.717, 1.165) is 10.0 Å². The average molecular weight is 339 g/mol. The Morgan fingerprint density at radius 2 is 2.05 bits per heavy atom. The molecule has 0 spiro atoms. The lowest BCUT2D eigenvalue weighted by Crippen LogP contribution is -3.00. The summed E-state index contributed by atoms with van der Waals surface area (Å²) < 4.78 is 2.77. The van der Waals surface area contributed by atoms with Crippen LogP contribution in [0.3, 0.4) is 0 Å². The van der Waals surface area contributed by atoms with E-state index in [1.165, 1.54) is 0 Å². The number of halogens is 2. The number of rotatable bonds is 3. The fraction of sp³-hybridized carbons (Fsp3) is 0.0667. The molecule has 1 heterocycles. The second-order valence-electron chi connectivity index (χ2n) is 4.02. The Bertz CT molecular complexity index is 611. The standard InChI is InChI=1S/C15H13BrNO.ClH/c1-12-4-3-8-17(11-12)9-7-15(18)13-5-2-6-14(16)10-13;/h2-11H,1H3;1H/q+1;/p-1/b9-7+;. The molecule has 0 bridgehead atoms. The molecule has 0 saturated carbocycles. The molecule has 19 heavy (non-hydrogen) atoms. The van der Waals surface area contributed by atoms with Crippen molar-refractivity contribution >= 4 is 27.9 Å². The lowest BCUT2D eigenvalue weighted by atomic mass is 10.1. The van der Waals surface area contributed by atoms with E-state index >= 15 is 0 Å². The van der Waals surface area contributed by atoms with Gasteiger partial charge in [0, 0.05) is 21.7 Å². The average Bonchev–Trinajstić information content (AvgIpc) is 2.36. The van der Waals surface area contributed by atoms with E-state index < -0.39 is 0 Å². The minimum atomic E-state index is -0.00898. The number of hydrogen-bond acceptors (Lipinski definition) is 1. The van der Waals surface area contributed by atoms with Crippen molar-refractivity contribution in [2.24, 2.45) is 0 Å². The maximum absolute atomic E-state index is 11.9. The number of pyridine rings is 1. The Kier molecular flexibility index (Phi) is 5.93. The van der Waals surface area contributed by atoms with Crippen LogP contribution in [0.25, 0.3) is 6.20 Å². The molecule has 2 rings (SSSR count). The van der Waals surface area contributed by atoms with Crippen molar-refractivity contribution in [3.63, 3.8) is 0 Å². The van der Waals surface area contributed by atoms with Crippen LogP contribution in [0.4, 0.5) is 0 Å². The lowest BCUT2D eigenvalue weighted by molar-refractivity contribution is -0.568. The van der Waals surface area contributed by atoms with E-state index in [4.69, 9.17) is 0 Å². The maximum Gasteiger partial charge on any atom is 0.191 e. The van der Waals surface area contributed by atoms with Gasteiger partial charge in [-0.3, -0.25) is 4.79 Å². The highest BCUT2D eigenvalue weighted by atomic mass is 79.9. The topological polar surface area (TPSA) is 20.9 Å². The highest BCUT2D eigenvalue weighted by Crippen LogP contribution is 2.12. The van der Waals surface area contributed by atoms with Gasteiger partial charge in [-0.1, -0.05) is 28.1 Å². The van der Waals surface area contributed by atoms with Gasteiger partial charge in [-0.25, -0.2) is 0 Å². The van der Waals surface area contributed by atoms with E-state index in [-0.39, 0.29) is 18.2 Å². The van der Waals surface area contributed by atoms with Crippen LogP contribution in [0.5, 0.6) is 0 Å². The van der Waals surface area contributed by atoms with Crippen molar-refractivity contribution in [3.8, 4) is 0 Å². The summed E-state index contributed by atoms with van der Waals surface area (Å²) in [7, 11) is 0. The number of benzene rings is 1. The molecule has 1 aromatic carbocycles. The molecule has 98 valence electrons. The summed E-state index contributed by atoms with van der Waals surface area (Å²) in [4.78, 5) is 11.9. The fourth-order valence-electron chi connectivity index (χ4n) is 1.60. The molecule has 2 nitrogen and oxygen atoms in total. The van der Waals surface area contributed by atoms with Crippen LogP contribution in [0.2, 0.25) is 0 Å². The largest absolute Gasteiger partial charge is 1.00 e. The van der Waals surface area contributed by atoms with Gasteiger partial charge in [-0.05, 0) is 25.1 Å². The van der Waals surface area contributed by atoms with Gasteiger partial charge in [0.2, 0.25) is 0 Å². The summed E-state index contributed by atoms with van der Waals surface area (Å²) in [5.74, 6) is -0.00898. The first kappa shape index (κ1) is 15.6. The molecule has 0 radical (unpaired) electrons. The SMILES string of the molecule is Cc1ccc[n+](/C=C/C(=O)c2cccc(Br)c2)c1.[Cl-]. The number of carbonyl (C=O) groups is 1. The van der Waals surface area contributed by atoms with E-state index in [9.17, 15) is 4.79 Å². The minimum absolute atomic E-state index is 0. The molecule has 2 aromatic rings. The van der Waals surface area contributed by atoms with Crippen molar-refractivity contribution in [1.82, 2.24) is 0 Å². The Morgan fingerprint density at radius 3 is 2.74 bits per heavy atom. The van der Waals surface area contributed by atoms with Gasteiger partial charge in [-0.2, -0.15) is 4.57 Å². The van der Waals surface area contributed by atoms with E-state index in [2.05, 4.69) is 15.9 Å². The van der Waals surface area contributed by atoms with Gasteiger partial charge < -0.3 is 12.4 Å². The van der Waals surface area contributed by atoms with Gasteiger partial charge in [0.15, 0.2) is 24.4 Å². The van der Waals surface area contributed by atoms with Gasteiger partial charge in [0.1, 0.15) is 0 Å². The molecule has 0 aliphatic rings. The lowest BCUT2D eigenvalue weighted by Gasteiger charge is -1.95. The molecule has 0 saturated heterocycles. The molecule has 0 amide bonds.